The summed E-state index contributed by atoms with van der Waals surface area (Å²) in [4.78, 5) is 52.7. The first-order valence-corrected chi connectivity index (χ1v) is 11.1. The van der Waals surface area contributed by atoms with Crippen molar-refractivity contribution in [3.63, 3.8) is 0 Å². The molecule has 2 N–H and O–H groups in total. The highest BCUT2D eigenvalue weighted by atomic mass is 16.2. The number of benzene rings is 2. The highest BCUT2D eigenvalue weighted by molar-refractivity contribution is 6.22. The van der Waals surface area contributed by atoms with Gasteiger partial charge >= 0.3 is 0 Å². The summed E-state index contributed by atoms with van der Waals surface area (Å²) in [5.74, 6) is -1.37. The molecule has 1 saturated carbocycles. The van der Waals surface area contributed by atoms with Gasteiger partial charge in [0.1, 0.15) is 5.54 Å². The standard InChI is InChI=1S/C25H27N3O4/c1-2-26-24(32)25(13-7-4-8-14-25)27-21(29)18-11-12-19-20(15-18)23(31)28(22(19)30)16-17-9-5-3-6-10-17/h3,5-6,9-12,15H,2,4,7-8,13-14,16H2,1H3,(H,26,32)(H,27,29). The normalized spacial score (nSPS) is 17.1. The summed E-state index contributed by atoms with van der Waals surface area (Å²) in [5.41, 5.74) is 0.679. The van der Waals surface area contributed by atoms with Gasteiger partial charge in [-0.1, -0.05) is 49.6 Å². The molecule has 7 nitrogen and oxygen atoms in total. The minimum absolute atomic E-state index is 0.172. The number of hydrogen-bond donors (Lipinski definition) is 2. The Hall–Kier alpha value is -3.48. The van der Waals surface area contributed by atoms with Crippen molar-refractivity contribution in [1.29, 1.82) is 0 Å². The van der Waals surface area contributed by atoms with Crippen molar-refractivity contribution in [3.05, 3.63) is 70.8 Å². The second-order valence-corrected chi connectivity index (χ2v) is 8.40. The van der Waals surface area contributed by atoms with Crippen LogP contribution in [0.5, 0.6) is 0 Å². The zero-order valence-electron chi connectivity index (χ0n) is 18.1. The molecule has 2 aromatic rings. The van der Waals surface area contributed by atoms with Crippen LogP contribution in [0.2, 0.25) is 0 Å². The monoisotopic (exact) mass is 433 g/mol. The van der Waals surface area contributed by atoms with Crippen LogP contribution in [-0.4, -0.2) is 40.6 Å². The average Bonchev–Trinajstić information content (AvgIpc) is 3.05. The van der Waals surface area contributed by atoms with Crippen LogP contribution in [0.4, 0.5) is 0 Å². The maximum atomic E-state index is 13.1. The maximum absolute atomic E-state index is 13.1. The zero-order valence-corrected chi connectivity index (χ0v) is 18.1. The summed E-state index contributed by atoms with van der Waals surface area (Å²) in [7, 11) is 0. The topological polar surface area (TPSA) is 95.6 Å². The zero-order chi connectivity index (χ0) is 22.7. The first kappa shape index (κ1) is 21.7. The van der Waals surface area contributed by atoms with Crippen LogP contribution < -0.4 is 10.6 Å². The van der Waals surface area contributed by atoms with E-state index >= 15 is 0 Å². The van der Waals surface area contributed by atoms with Gasteiger partial charge in [0.05, 0.1) is 17.7 Å². The van der Waals surface area contributed by atoms with Crippen molar-refractivity contribution in [2.75, 3.05) is 6.54 Å². The second-order valence-electron chi connectivity index (χ2n) is 8.40. The minimum atomic E-state index is -0.941. The fourth-order valence-corrected chi connectivity index (χ4v) is 4.52. The van der Waals surface area contributed by atoms with E-state index < -0.39 is 17.4 Å². The fraction of sp³-hybridized carbons (Fsp3) is 0.360. The fourth-order valence-electron chi connectivity index (χ4n) is 4.52. The van der Waals surface area contributed by atoms with Crippen molar-refractivity contribution in [1.82, 2.24) is 15.5 Å². The van der Waals surface area contributed by atoms with Crippen LogP contribution in [0.25, 0.3) is 0 Å². The van der Waals surface area contributed by atoms with Gasteiger partial charge in [0.2, 0.25) is 5.91 Å². The van der Waals surface area contributed by atoms with E-state index in [1.165, 1.54) is 17.0 Å². The highest BCUT2D eigenvalue weighted by Gasteiger charge is 2.41. The molecule has 1 aliphatic heterocycles. The molecule has 0 bridgehead atoms. The second kappa shape index (κ2) is 8.94. The van der Waals surface area contributed by atoms with Crippen molar-refractivity contribution in [2.45, 2.75) is 51.1 Å². The molecule has 0 radical (unpaired) electrons. The largest absolute Gasteiger partial charge is 0.354 e. The summed E-state index contributed by atoms with van der Waals surface area (Å²) in [5, 5.41) is 5.78. The van der Waals surface area contributed by atoms with Crippen LogP contribution in [0.15, 0.2) is 48.5 Å². The average molecular weight is 434 g/mol. The van der Waals surface area contributed by atoms with E-state index in [0.29, 0.717) is 24.9 Å². The number of nitrogens with one attached hydrogen (secondary N) is 2. The molecule has 7 heteroatoms. The van der Waals surface area contributed by atoms with Gasteiger partial charge in [-0.05, 0) is 43.5 Å². The molecule has 0 saturated heterocycles. The summed E-state index contributed by atoms with van der Waals surface area (Å²) >= 11 is 0. The van der Waals surface area contributed by atoms with Gasteiger partial charge in [0.25, 0.3) is 17.7 Å². The Labute approximate surface area is 187 Å². The summed E-state index contributed by atoms with van der Waals surface area (Å²) in [6.45, 7) is 2.51. The van der Waals surface area contributed by atoms with Crippen molar-refractivity contribution in [3.8, 4) is 0 Å². The molecule has 1 aliphatic carbocycles. The molecule has 1 fully saturated rings. The third kappa shape index (κ3) is 4.02. The number of carbonyl (C=O) groups excluding carboxylic acids is 4. The highest BCUT2D eigenvalue weighted by Crippen LogP contribution is 2.30. The predicted molar refractivity (Wildman–Crippen MR) is 119 cm³/mol. The molecule has 2 aliphatic rings. The smallest absolute Gasteiger partial charge is 0.261 e. The van der Waals surface area contributed by atoms with Crippen LogP contribution in [0.3, 0.4) is 0 Å². The molecule has 4 amide bonds. The number of amides is 4. The SMILES string of the molecule is CCNC(=O)C1(NC(=O)c2ccc3c(c2)C(=O)N(Cc2ccccc2)C3=O)CCCCC1. The molecule has 166 valence electrons. The lowest BCUT2D eigenvalue weighted by molar-refractivity contribution is -0.128. The van der Waals surface area contributed by atoms with Crippen LogP contribution in [0.1, 0.15) is 75.7 Å². The van der Waals surface area contributed by atoms with Crippen LogP contribution in [-0.2, 0) is 11.3 Å². The summed E-state index contributed by atoms with van der Waals surface area (Å²) in [6.07, 6.45) is 3.92. The Bertz CT molecular complexity index is 1060. The lowest BCUT2D eigenvalue weighted by atomic mass is 9.80. The Morgan fingerprint density at radius 3 is 2.31 bits per heavy atom. The van der Waals surface area contributed by atoms with E-state index in [2.05, 4.69) is 10.6 Å². The van der Waals surface area contributed by atoms with Gasteiger partial charge in [0.15, 0.2) is 0 Å². The molecule has 1 heterocycles. The molecule has 0 aromatic heterocycles. The molecule has 4 rings (SSSR count). The third-order valence-electron chi connectivity index (χ3n) is 6.25. The Morgan fingerprint density at radius 1 is 0.938 bits per heavy atom. The van der Waals surface area contributed by atoms with Gasteiger partial charge in [-0.3, -0.25) is 24.1 Å². The van der Waals surface area contributed by atoms with E-state index in [-0.39, 0.29) is 29.5 Å². The molecule has 32 heavy (non-hydrogen) atoms. The van der Waals surface area contributed by atoms with Crippen LogP contribution >= 0.6 is 0 Å². The number of nitrogens with zero attached hydrogens (tertiary/aromatic N) is 1. The molecule has 0 spiro atoms. The summed E-state index contributed by atoms with van der Waals surface area (Å²) in [6, 6.07) is 13.8. The number of carbonyl (C=O) groups is 4. The molecule has 2 aromatic carbocycles. The van der Waals surface area contributed by atoms with Crippen LogP contribution in [0, 0.1) is 0 Å². The lowest BCUT2D eigenvalue weighted by Gasteiger charge is -2.36. The number of imide groups is 1. The molecular weight excluding hydrogens is 406 g/mol. The van der Waals surface area contributed by atoms with Gasteiger partial charge < -0.3 is 10.6 Å². The van der Waals surface area contributed by atoms with Crippen molar-refractivity contribution < 1.29 is 19.2 Å². The quantitative estimate of drug-likeness (QED) is 0.685. The lowest BCUT2D eigenvalue weighted by Crippen LogP contribution is -2.59. The van der Waals surface area contributed by atoms with E-state index in [1.54, 1.807) is 6.07 Å². The van der Waals surface area contributed by atoms with Gasteiger partial charge in [-0.15, -0.1) is 0 Å². The van der Waals surface area contributed by atoms with Gasteiger partial charge in [0, 0.05) is 12.1 Å². The van der Waals surface area contributed by atoms with Crippen molar-refractivity contribution >= 4 is 23.6 Å². The van der Waals surface area contributed by atoms with E-state index in [4.69, 9.17) is 0 Å². The molecular formula is C25H27N3O4. The summed E-state index contributed by atoms with van der Waals surface area (Å²) < 4.78 is 0. The van der Waals surface area contributed by atoms with E-state index in [1.807, 2.05) is 37.3 Å². The van der Waals surface area contributed by atoms with Crippen molar-refractivity contribution in [2.24, 2.45) is 0 Å². The number of fused-ring (bicyclic) bond motifs is 1. The maximum Gasteiger partial charge on any atom is 0.261 e. The van der Waals surface area contributed by atoms with E-state index in [9.17, 15) is 19.2 Å². The van der Waals surface area contributed by atoms with Gasteiger partial charge in [-0.2, -0.15) is 0 Å². The Kier molecular flexibility index (Phi) is 6.08. The predicted octanol–water partition coefficient (Wildman–Crippen LogP) is 3.05. The number of likely N-dealkylation sites (N-methyl/N-ethyl adjacent to an activating group) is 1. The molecule has 0 atom stereocenters. The first-order valence-electron chi connectivity index (χ1n) is 11.1. The first-order chi connectivity index (χ1) is 15.4. The van der Waals surface area contributed by atoms with E-state index in [0.717, 1.165) is 24.8 Å². The minimum Gasteiger partial charge on any atom is -0.354 e. The molecule has 0 unspecified atom stereocenters. The number of rotatable bonds is 6. The number of hydrogen-bond acceptors (Lipinski definition) is 4. The Balaban J connectivity index is 1.56. The van der Waals surface area contributed by atoms with Gasteiger partial charge in [-0.25, -0.2) is 0 Å². The Morgan fingerprint density at radius 2 is 1.62 bits per heavy atom. The third-order valence-corrected chi connectivity index (χ3v) is 6.25.